The Hall–Kier alpha value is 0.337. The van der Waals surface area contributed by atoms with Gasteiger partial charge < -0.3 is 14.9 Å². The van der Waals surface area contributed by atoms with Gasteiger partial charge in [0.25, 0.3) is 0 Å². The first-order valence-electron chi connectivity index (χ1n) is 15.8. The van der Waals surface area contributed by atoms with Crippen LogP contribution in [0.2, 0.25) is 11.1 Å². The molecule has 9 atom stereocenters. The molecule has 2 aromatic rings. The summed E-state index contributed by atoms with van der Waals surface area (Å²) in [6, 6.07) is 24.4. The van der Waals surface area contributed by atoms with Gasteiger partial charge in [-0.1, -0.05) is 149 Å². The van der Waals surface area contributed by atoms with Crippen LogP contribution in [-0.4, -0.2) is 16.6 Å². The zero-order chi connectivity index (χ0) is 26.3. The van der Waals surface area contributed by atoms with Crippen LogP contribution in [0.5, 0.6) is 0 Å². The van der Waals surface area contributed by atoms with E-state index in [1.54, 1.807) is 51.4 Å². The summed E-state index contributed by atoms with van der Waals surface area (Å²) in [6.45, 7) is 2.38. The Kier molecular flexibility index (Phi) is 15.3. The van der Waals surface area contributed by atoms with Crippen molar-refractivity contribution < 1.29 is 20.8 Å². The van der Waals surface area contributed by atoms with Crippen LogP contribution in [0, 0.1) is 44.4 Å². The van der Waals surface area contributed by atoms with Crippen LogP contribution in [0.25, 0.3) is 0 Å². The van der Waals surface area contributed by atoms with Gasteiger partial charge in [0, 0.05) is 0 Å². The number of hydrogen-bond donors (Lipinski definition) is 0. The molecule has 0 N–H and O–H groups in total. The first-order valence-corrected chi connectivity index (χ1v) is 27.3. The van der Waals surface area contributed by atoms with Gasteiger partial charge >= 0.3 is 37.9 Å². The summed E-state index contributed by atoms with van der Waals surface area (Å²) >= 11 is -0.826. The number of hydrogen-bond acceptors (Lipinski definition) is 0. The summed E-state index contributed by atoms with van der Waals surface area (Å²) in [5.41, 5.74) is 2.13. The molecular formula is C35H54Cl2Si2Zr. The Morgan fingerprint density at radius 2 is 1.30 bits per heavy atom. The van der Waals surface area contributed by atoms with Gasteiger partial charge in [0.1, 0.15) is 0 Å². The van der Waals surface area contributed by atoms with Crippen LogP contribution in [0.1, 0.15) is 90.4 Å². The molecule has 0 radical (unpaired) electrons. The molecule has 9 unspecified atom stereocenters. The van der Waals surface area contributed by atoms with Gasteiger partial charge in [0.2, 0.25) is 0 Å². The third-order valence-electron chi connectivity index (χ3n) is 11.3. The number of halogens is 2. The molecule has 4 aliphatic carbocycles. The Morgan fingerprint density at radius 3 is 1.93 bits per heavy atom. The summed E-state index contributed by atoms with van der Waals surface area (Å²) in [5, 5.41) is 3.69. The molecule has 220 valence electrons. The molecule has 0 amide bonds. The minimum absolute atomic E-state index is 0. The number of benzene rings is 2. The van der Waals surface area contributed by atoms with Crippen LogP contribution in [-0.2, 0) is 20.8 Å². The van der Waals surface area contributed by atoms with Gasteiger partial charge in [-0.25, -0.2) is 0 Å². The predicted molar refractivity (Wildman–Crippen MR) is 182 cm³/mol. The molecule has 4 fully saturated rings. The number of unbranched alkanes of at least 4 members (excludes halogenated alkanes) is 1. The van der Waals surface area contributed by atoms with E-state index in [9.17, 15) is 0 Å². The van der Waals surface area contributed by atoms with Gasteiger partial charge in [-0.2, -0.15) is 0 Å². The van der Waals surface area contributed by atoms with E-state index in [-0.39, 0.29) is 14.9 Å². The van der Waals surface area contributed by atoms with Gasteiger partial charge in [-0.3, -0.25) is 0 Å². The van der Waals surface area contributed by atoms with Crippen LogP contribution >= 0.6 is 17.0 Å². The van der Waals surface area contributed by atoms with Crippen LogP contribution < -0.4 is 10.4 Å². The van der Waals surface area contributed by atoms with E-state index in [0.29, 0.717) is 0 Å². The Labute approximate surface area is 269 Å². The summed E-state index contributed by atoms with van der Waals surface area (Å²) in [6.07, 6.45) is 19.9. The first kappa shape index (κ1) is 34.8. The van der Waals surface area contributed by atoms with Crippen molar-refractivity contribution in [1.29, 1.82) is 0 Å². The fourth-order valence-corrected chi connectivity index (χ4v) is 26.6. The fourth-order valence-electron chi connectivity index (χ4n) is 9.80. The third kappa shape index (κ3) is 8.28. The molecule has 40 heavy (non-hydrogen) atoms. The Morgan fingerprint density at radius 1 is 0.700 bits per heavy atom. The fraction of sp³-hybridized carbons (Fsp3) is 0.600. The van der Waals surface area contributed by atoms with Crippen molar-refractivity contribution in [3.05, 3.63) is 75.5 Å². The van der Waals surface area contributed by atoms with Crippen molar-refractivity contribution in [3.8, 4) is 0 Å². The second-order valence-electron chi connectivity index (χ2n) is 13.1. The molecule has 0 heterocycles. The molecule has 5 heteroatoms. The van der Waals surface area contributed by atoms with Crippen LogP contribution in [0.4, 0.5) is 0 Å². The molecule has 0 spiro atoms. The van der Waals surface area contributed by atoms with Crippen molar-refractivity contribution in [3.63, 3.8) is 0 Å². The summed E-state index contributed by atoms with van der Waals surface area (Å²) in [4.78, 5) is 0. The van der Waals surface area contributed by atoms with E-state index >= 15 is 0 Å². The van der Waals surface area contributed by atoms with Gasteiger partial charge in [0.05, 0.1) is 16.6 Å². The summed E-state index contributed by atoms with van der Waals surface area (Å²) < 4.78 is 0. The zero-order valence-electron chi connectivity index (χ0n) is 25.4. The van der Waals surface area contributed by atoms with Gasteiger partial charge in [0.15, 0.2) is 0 Å². The molecule has 4 aliphatic rings. The molecule has 0 bridgehead atoms. The predicted octanol–water partition coefficient (Wildman–Crippen LogP) is 9.58. The van der Waals surface area contributed by atoms with Crippen molar-refractivity contribution in [1.82, 2.24) is 0 Å². The number of fused-ring (bicyclic) bond motifs is 2. The third-order valence-corrected chi connectivity index (χ3v) is 25.5. The second-order valence-corrected chi connectivity index (χ2v) is 26.4. The average Bonchev–Trinajstić information content (AvgIpc) is 3.70. The van der Waals surface area contributed by atoms with Crippen LogP contribution in [0.15, 0.2) is 60.7 Å². The summed E-state index contributed by atoms with van der Waals surface area (Å²) in [5.74, 6) is 5.35. The minimum atomic E-state index is -1.09. The van der Waals surface area contributed by atoms with Crippen molar-refractivity contribution >= 4 is 44.0 Å². The molecular weight excluding hydrogens is 639 g/mol. The SMILES string of the molecule is CCCCC1CCC([SiH](c2ccccc2)[SiH](c2ccccc2)C2CCC3CC4CCCC4CC32)C1.[CH3-].[CH3-].[Cl][Zr+2][Cl]. The van der Waals surface area contributed by atoms with Crippen LogP contribution in [0.3, 0.4) is 0 Å². The van der Waals surface area contributed by atoms with E-state index in [1.807, 2.05) is 10.4 Å². The average molecular weight is 693 g/mol. The monoisotopic (exact) mass is 690 g/mol. The second kappa shape index (κ2) is 17.6. The molecule has 0 aliphatic heterocycles. The normalized spacial score (nSPS) is 31.7. The van der Waals surface area contributed by atoms with E-state index in [4.69, 9.17) is 17.0 Å². The van der Waals surface area contributed by atoms with E-state index in [0.717, 1.165) is 40.7 Å². The Balaban J connectivity index is 0.000000846. The topological polar surface area (TPSA) is 0 Å². The van der Waals surface area contributed by atoms with Gasteiger partial charge in [-0.15, -0.1) is 0 Å². The first-order chi connectivity index (χ1) is 18.7. The maximum atomic E-state index is 4.93. The maximum absolute atomic E-state index is 4.93. The van der Waals surface area contributed by atoms with Gasteiger partial charge in [-0.05, 0) is 53.5 Å². The molecule has 0 aromatic heterocycles. The van der Waals surface area contributed by atoms with E-state index in [2.05, 4.69) is 67.6 Å². The molecule has 4 saturated carbocycles. The summed E-state index contributed by atoms with van der Waals surface area (Å²) in [7, 11) is 7.71. The molecule has 0 saturated heterocycles. The number of rotatable bonds is 8. The van der Waals surface area contributed by atoms with E-state index < -0.39 is 37.5 Å². The van der Waals surface area contributed by atoms with Crippen molar-refractivity contribution in [2.75, 3.05) is 0 Å². The molecule has 2 aromatic carbocycles. The molecule has 0 nitrogen and oxygen atoms in total. The standard InChI is InChI=1S/C33H48Si2.2CH3.2ClH.Zr/c1-2-3-11-25-18-20-31(22-25)34(29-14-6-4-7-15-29)35(30-16-8-5-9-17-30)33-21-19-28-23-26-12-10-13-27(26)24-32(28)33;;;;;/h4-9,14-17,25-28,31-35H,2-3,10-13,18-24H2,1H3;2*1H3;2*1H;/q;2*-1;;;+4/p-2. The quantitative estimate of drug-likeness (QED) is 0.191. The zero-order valence-corrected chi connectivity index (χ0v) is 31.7. The van der Waals surface area contributed by atoms with Crippen molar-refractivity contribution in [2.24, 2.45) is 29.6 Å². The molecule has 6 rings (SSSR count). The van der Waals surface area contributed by atoms with Crippen molar-refractivity contribution in [2.45, 2.75) is 101 Å². The Bertz CT molecular complexity index is 960. The van der Waals surface area contributed by atoms with E-state index in [1.165, 1.54) is 32.1 Å².